The average Bonchev–Trinajstić information content (AvgIpc) is 2.72. The number of carbonyl (C=O) groups is 2. The molecular weight excluding hydrogens is 393 g/mol. The fourth-order valence-corrected chi connectivity index (χ4v) is 4.30. The van der Waals surface area contributed by atoms with Gasteiger partial charge in [-0.15, -0.1) is 0 Å². The number of carbonyl (C=O) groups excluding carboxylic acids is 1. The van der Waals surface area contributed by atoms with Crippen molar-refractivity contribution in [2.45, 2.75) is 32.7 Å². The molecule has 3 aromatic carbocycles. The lowest BCUT2D eigenvalue weighted by molar-refractivity contribution is 0.0696. The van der Waals surface area contributed by atoms with Gasteiger partial charge in [0.15, 0.2) is 5.78 Å². The summed E-state index contributed by atoms with van der Waals surface area (Å²) in [5.41, 5.74) is 4.51. The molecule has 0 saturated heterocycles. The molecule has 0 radical (unpaired) electrons. The molecule has 0 amide bonds. The van der Waals surface area contributed by atoms with E-state index in [9.17, 15) is 19.1 Å². The largest absolute Gasteiger partial charge is 0.478 e. The number of halogens is 1. The summed E-state index contributed by atoms with van der Waals surface area (Å²) in [5, 5.41) is 12.8. The van der Waals surface area contributed by atoms with E-state index in [1.54, 1.807) is 12.1 Å². The number of hydrogen-bond donors (Lipinski definition) is 2. The number of aromatic carboxylic acids is 1. The van der Waals surface area contributed by atoms with Gasteiger partial charge in [-0.3, -0.25) is 4.79 Å². The van der Waals surface area contributed by atoms with Crippen molar-refractivity contribution in [1.82, 2.24) is 0 Å². The predicted octanol–water partition coefficient (Wildman–Crippen LogP) is 5.68. The highest BCUT2D eigenvalue weighted by Crippen LogP contribution is 2.45. The molecule has 0 fully saturated rings. The third-order valence-electron chi connectivity index (χ3n) is 5.89. The number of benzene rings is 3. The van der Waals surface area contributed by atoms with Gasteiger partial charge >= 0.3 is 5.97 Å². The number of nitrogens with one attached hydrogen (secondary N) is 1. The van der Waals surface area contributed by atoms with Crippen molar-refractivity contribution in [3.63, 3.8) is 0 Å². The SMILES string of the molecule is CC1(C)Cc2cc(C(=O)O)ccc2NC1c1cccc(CC(=O)c2ccc(F)cc2)c1. The minimum atomic E-state index is -0.929. The summed E-state index contributed by atoms with van der Waals surface area (Å²) in [6.07, 6.45) is 0.977. The predicted molar refractivity (Wildman–Crippen MR) is 118 cm³/mol. The van der Waals surface area contributed by atoms with E-state index >= 15 is 0 Å². The first-order valence-electron chi connectivity index (χ1n) is 10.2. The van der Waals surface area contributed by atoms with Gasteiger partial charge in [-0.05, 0) is 71.0 Å². The minimum absolute atomic E-state index is 0.0107. The van der Waals surface area contributed by atoms with Crippen molar-refractivity contribution in [2.24, 2.45) is 5.41 Å². The summed E-state index contributed by atoms with van der Waals surface area (Å²) >= 11 is 0. The molecule has 0 saturated carbocycles. The van der Waals surface area contributed by atoms with Crippen molar-refractivity contribution in [3.8, 4) is 0 Å². The number of anilines is 1. The first-order valence-corrected chi connectivity index (χ1v) is 10.2. The molecule has 1 aliphatic heterocycles. The summed E-state index contributed by atoms with van der Waals surface area (Å²) in [7, 11) is 0. The number of carboxylic acid groups (broad SMARTS) is 1. The Bertz CT molecular complexity index is 1150. The van der Waals surface area contributed by atoms with Crippen LogP contribution in [0.4, 0.5) is 10.1 Å². The third kappa shape index (κ3) is 4.36. The molecule has 0 aromatic heterocycles. The minimum Gasteiger partial charge on any atom is -0.478 e. The van der Waals surface area contributed by atoms with E-state index in [-0.39, 0.29) is 35.0 Å². The Balaban J connectivity index is 1.58. The second-order valence-electron chi connectivity index (χ2n) is 8.77. The lowest BCUT2D eigenvalue weighted by Crippen LogP contribution is -2.35. The number of ketones is 1. The maximum Gasteiger partial charge on any atom is 0.335 e. The average molecular weight is 417 g/mol. The van der Waals surface area contributed by atoms with Crippen LogP contribution in [0, 0.1) is 11.2 Å². The molecule has 1 atom stereocenters. The van der Waals surface area contributed by atoms with E-state index in [1.807, 2.05) is 30.3 Å². The molecule has 0 spiro atoms. The van der Waals surface area contributed by atoms with E-state index in [0.717, 1.165) is 28.8 Å². The summed E-state index contributed by atoms with van der Waals surface area (Å²) in [6.45, 7) is 4.30. The standard InChI is InChI=1S/C26H24FNO3/c1-26(2)15-20-14-19(25(30)31)8-11-22(20)28-24(26)18-5-3-4-16(12-18)13-23(29)17-6-9-21(27)10-7-17/h3-12,14,24,28H,13,15H2,1-2H3,(H,30,31). The number of fused-ring (bicyclic) bond motifs is 1. The van der Waals surface area contributed by atoms with Gasteiger partial charge in [-0.2, -0.15) is 0 Å². The van der Waals surface area contributed by atoms with E-state index in [0.29, 0.717) is 5.56 Å². The number of rotatable bonds is 5. The zero-order valence-corrected chi connectivity index (χ0v) is 17.5. The van der Waals surface area contributed by atoms with E-state index in [4.69, 9.17) is 0 Å². The van der Waals surface area contributed by atoms with Crippen LogP contribution in [0.1, 0.15) is 57.3 Å². The first-order chi connectivity index (χ1) is 14.7. The molecule has 158 valence electrons. The Kier molecular flexibility index (Phi) is 5.36. The van der Waals surface area contributed by atoms with Crippen molar-refractivity contribution in [3.05, 3.63) is 100 Å². The van der Waals surface area contributed by atoms with Crippen LogP contribution in [0.15, 0.2) is 66.7 Å². The van der Waals surface area contributed by atoms with Crippen molar-refractivity contribution >= 4 is 17.4 Å². The monoisotopic (exact) mass is 417 g/mol. The molecule has 4 rings (SSSR count). The number of Topliss-reactive ketones (excluding diaryl/α,β-unsaturated/α-hetero) is 1. The molecule has 1 heterocycles. The summed E-state index contributed by atoms with van der Waals surface area (Å²) < 4.78 is 13.1. The summed E-state index contributed by atoms with van der Waals surface area (Å²) in [4.78, 5) is 23.9. The van der Waals surface area contributed by atoms with Gasteiger partial charge in [-0.1, -0.05) is 38.1 Å². The Morgan fingerprint density at radius 1 is 1.03 bits per heavy atom. The summed E-state index contributed by atoms with van der Waals surface area (Å²) in [5.74, 6) is -1.35. The Labute approximate surface area is 180 Å². The van der Waals surface area contributed by atoms with Crippen LogP contribution >= 0.6 is 0 Å². The van der Waals surface area contributed by atoms with Crippen LogP contribution in [-0.4, -0.2) is 16.9 Å². The lowest BCUT2D eigenvalue weighted by Gasteiger charge is -2.41. The molecule has 4 nitrogen and oxygen atoms in total. The smallest absolute Gasteiger partial charge is 0.335 e. The van der Waals surface area contributed by atoms with Crippen LogP contribution in [0.3, 0.4) is 0 Å². The van der Waals surface area contributed by atoms with Gasteiger partial charge in [0.1, 0.15) is 5.82 Å². The molecule has 2 N–H and O–H groups in total. The molecule has 1 aliphatic rings. The lowest BCUT2D eigenvalue weighted by atomic mass is 9.72. The van der Waals surface area contributed by atoms with Crippen molar-refractivity contribution in [2.75, 3.05) is 5.32 Å². The van der Waals surface area contributed by atoms with Gasteiger partial charge in [-0.25, -0.2) is 9.18 Å². The van der Waals surface area contributed by atoms with Gasteiger partial charge in [0.05, 0.1) is 11.6 Å². The molecule has 3 aromatic rings. The topological polar surface area (TPSA) is 66.4 Å². The van der Waals surface area contributed by atoms with Crippen LogP contribution in [0.2, 0.25) is 0 Å². The zero-order chi connectivity index (χ0) is 22.2. The quantitative estimate of drug-likeness (QED) is 0.524. The summed E-state index contributed by atoms with van der Waals surface area (Å²) in [6, 6.07) is 18.8. The zero-order valence-electron chi connectivity index (χ0n) is 17.5. The maximum atomic E-state index is 13.1. The second kappa shape index (κ2) is 7.99. The number of carboxylic acids is 1. The van der Waals surface area contributed by atoms with Gasteiger partial charge in [0.25, 0.3) is 0 Å². The van der Waals surface area contributed by atoms with Gasteiger partial charge in [0.2, 0.25) is 0 Å². The normalized spacial score (nSPS) is 16.8. The molecule has 0 bridgehead atoms. The van der Waals surface area contributed by atoms with Crippen molar-refractivity contribution < 1.29 is 19.1 Å². The Hall–Kier alpha value is -3.47. The molecule has 1 unspecified atom stereocenters. The highest BCUT2D eigenvalue weighted by atomic mass is 19.1. The Morgan fingerprint density at radius 2 is 1.74 bits per heavy atom. The van der Waals surface area contributed by atoms with E-state index < -0.39 is 5.97 Å². The molecular formula is C26H24FNO3. The highest BCUT2D eigenvalue weighted by Gasteiger charge is 2.36. The molecule has 5 heteroatoms. The van der Waals surface area contributed by atoms with Crippen LogP contribution in [0.5, 0.6) is 0 Å². The molecule has 31 heavy (non-hydrogen) atoms. The van der Waals surface area contributed by atoms with Crippen LogP contribution in [-0.2, 0) is 12.8 Å². The van der Waals surface area contributed by atoms with E-state index in [1.165, 1.54) is 24.3 Å². The second-order valence-corrected chi connectivity index (χ2v) is 8.77. The molecule has 0 aliphatic carbocycles. The maximum absolute atomic E-state index is 13.1. The van der Waals surface area contributed by atoms with E-state index in [2.05, 4.69) is 19.2 Å². The fraction of sp³-hybridized carbons (Fsp3) is 0.231. The van der Waals surface area contributed by atoms with Crippen molar-refractivity contribution in [1.29, 1.82) is 0 Å². The van der Waals surface area contributed by atoms with Gasteiger partial charge in [0, 0.05) is 17.7 Å². The Morgan fingerprint density at radius 3 is 2.45 bits per heavy atom. The first kappa shape index (κ1) is 20.8. The van der Waals surface area contributed by atoms with Crippen LogP contribution < -0.4 is 5.32 Å². The fourth-order valence-electron chi connectivity index (χ4n) is 4.30. The number of hydrogen-bond acceptors (Lipinski definition) is 3. The third-order valence-corrected chi connectivity index (χ3v) is 5.89. The van der Waals surface area contributed by atoms with Crippen LogP contribution in [0.25, 0.3) is 0 Å². The highest BCUT2D eigenvalue weighted by molar-refractivity contribution is 5.97. The van der Waals surface area contributed by atoms with Gasteiger partial charge < -0.3 is 10.4 Å².